The third kappa shape index (κ3) is 4.94. The van der Waals surface area contributed by atoms with Crippen molar-refractivity contribution in [3.63, 3.8) is 0 Å². The van der Waals surface area contributed by atoms with E-state index >= 15 is 0 Å². The number of anilines is 2. The number of hydrogen-bond donors (Lipinski definition) is 4. The summed E-state index contributed by atoms with van der Waals surface area (Å²) in [7, 11) is 2.15. The van der Waals surface area contributed by atoms with Crippen LogP contribution in [0, 0.1) is 6.92 Å². The van der Waals surface area contributed by atoms with Crippen LogP contribution >= 0.6 is 0 Å². The second-order valence-electron chi connectivity index (χ2n) is 9.34. The van der Waals surface area contributed by atoms with Crippen molar-refractivity contribution in [2.24, 2.45) is 0 Å². The number of pyridine rings is 1. The maximum Gasteiger partial charge on any atom is 0.261 e. The molecule has 5 rings (SSSR count). The highest BCUT2D eigenvalue weighted by molar-refractivity contribution is 5.87. The lowest BCUT2D eigenvalue weighted by molar-refractivity contribution is 0.274. The van der Waals surface area contributed by atoms with Crippen LogP contribution in [0.3, 0.4) is 0 Å². The molecule has 4 aromatic rings. The van der Waals surface area contributed by atoms with Crippen LogP contribution in [0.1, 0.15) is 11.1 Å². The van der Waals surface area contributed by atoms with Crippen molar-refractivity contribution in [2.45, 2.75) is 19.4 Å². The summed E-state index contributed by atoms with van der Waals surface area (Å²) in [5.74, 6) is 0.513. The number of benzene rings is 2. The Morgan fingerprint density at radius 3 is 2.63 bits per heavy atom. The zero-order valence-corrected chi connectivity index (χ0v) is 20.2. The summed E-state index contributed by atoms with van der Waals surface area (Å²) in [6.07, 6.45) is 2.25. The number of nitrogens with one attached hydrogen (secondary N) is 3. The van der Waals surface area contributed by atoms with E-state index in [2.05, 4.69) is 51.2 Å². The molecule has 2 aromatic carbocycles. The van der Waals surface area contributed by atoms with Gasteiger partial charge >= 0.3 is 0 Å². The molecule has 1 saturated heterocycles. The lowest BCUT2D eigenvalue weighted by Crippen LogP contribution is -2.44. The zero-order chi connectivity index (χ0) is 24.4. The van der Waals surface area contributed by atoms with Gasteiger partial charge in [0.2, 0.25) is 0 Å². The maximum absolute atomic E-state index is 12.9. The number of aliphatic hydroxyl groups excluding tert-OH is 1. The van der Waals surface area contributed by atoms with Crippen molar-refractivity contribution in [2.75, 3.05) is 50.1 Å². The molecule has 1 atom stereocenters. The highest BCUT2D eigenvalue weighted by atomic mass is 16.3. The third-order valence-electron chi connectivity index (χ3n) is 6.73. The number of likely N-dealkylation sites (N-methyl/N-ethyl adjacent to an activating group) is 1. The average Bonchev–Trinajstić information content (AvgIpc) is 3.29. The number of imidazole rings is 1. The van der Waals surface area contributed by atoms with Crippen LogP contribution in [0.25, 0.3) is 22.4 Å². The first kappa shape index (κ1) is 23.1. The van der Waals surface area contributed by atoms with E-state index in [0.29, 0.717) is 23.5 Å². The van der Waals surface area contributed by atoms with E-state index in [1.807, 2.05) is 36.4 Å². The van der Waals surface area contributed by atoms with Gasteiger partial charge in [-0.1, -0.05) is 30.3 Å². The molecule has 182 valence electrons. The highest BCUT2D eigenvalue weighted by Crippen LogP contribution is 2.30. The van der Waals surface area contributed by atoms with Crippen molar-refractivity contribution in [1.82, 2.24) is 19.9 Å². The van der Waals surface area contributed by atoms with E-state index in [1.54, 1.807) is 6.20 Å². The van der Waals surface area contributed by atoms with E-state index in [0.717, 1.165) is 48.3 Å². The van der Waals surface area contributed by atoms with Gasteiger partial charge in [0.15, 0.2) is 0 Å². The van der Waals surface area contributed by atoms with Crippen molar-refractivity contribution in [3.05, 3.63) is 76.2 Å². The topological polar surface area (TPSA) is 100 Å². The third-order valence-corrected chi connectivity index (χ3v) is 6.73. The number of fused-ring (bicyclic) bond motifs is 1. The molecule has 0 bridgehead atoms. The molecule has 3 heterocycles. The maximum atomic E-state index is 12.9. The van der Waals surface area contributed by atoms with Gasteiger partial charge in [0.1, 0.15) is 11.4 Å². The standard InChI is InChI=1S/C27H32N6O2/c1-18-14-21(33-12-10-32(2)11-13-33)16-23-25(18)31-26(30-23)24-22(8-9-28-27(24)35)29-20(17-34)15-19-6-4-3-5-7-19/h3-9,14,16,20,34H,10-13,15,17H2,1-2H3,(H,30,31)(H2,28,29,35). The Morgan fingerprint density at radius 2 is 1.89 bits per heavy atom. The molecule has 1 aliphatic rings. The summed E-state index contributed by atoms with van der Waals surface area (Å²) in [5.41, 5.74) is 5.96. The summed E-state index contributed by atoms with van der Waals surface area (Å²) in [4.78, 5) is 28.7. The summed E-state index contributed by atoms with van der Waals surface area (Å²) < 4.78 is 0. The zero-order valence-electron chi connectivity index (χ0n) is 20.2. The van der Waals surface area contributed by atoms with Crippen molar-refractivity contribution in [1.29, 1.82) is 0 Å². The van der Waals surface area contributed by atoms with Gasteiger partial charge in [0, 0.05) is 38.1 Å². The van der Waals surface area contributed by atoms with Crippen LogP contribution in [0.5, 0.6) is 0 Å². The molecule has 4 N–H and O–H groups in total. The average molecular weight is 473 g/mol. The lowest BCUT2D eigenvalue weighted by Gasteiger charge is -2.34. The van der Waals surface area contributed by atoms with Gasteiger partial charge in [-0.25, -0.2) is 4.98 Å². The Kier molecular flexibility index (Phi) is 6.57. The van der Waals surface area contributed by atoms with Crippen LogP contribution in [-0.2, 0) is 6.42 Å². The molecule has 1 aliphatic heterocycles. The van der Waals surface area contributed by atoms with Crippen molar-refractivity contribution in [3.8, 4) is 11.4 Å². The number of aromatic nitrogens is 3. The number of nitrogens with zero attached hydrogens (tertiary/aromatic N) is 3. The molecule has 2 aromatic heterocycles. The van der Waals surface area contributed by atoms with E-state index in [-0.39, 0.29) is 18.2 Å². The second-order valence-corrected chi connectivity index (χ2v) is 9.34. The van der Waals surface area contributed by atoms with Crippen molar-refractivity contribution >= 4 is 22.4 Å². The second kappa shape index (κ2) is 9.93. The van der Waals surface area contributed by atoms with Crippen LogP contribution in [0.2, 0.25) is 0 Å². The number of H-pyrrole nitrogens is 2. The smallest absolute Gasteiger partial charge is 0.261 e. The minimum Gasteiger partial charge on any atom is -0.394 e. The van der Waals surface area contributed by atoms with Gasteiger partial charge in [0.25, 0.3) is 5.56 Å². The number of rotatable bonds is 7. The van der Waals surface area contributed by atoms with Gasteiger partial charge < -0.3 is 30.2 Å². The predicted octanol–water partition coefficient (Wildman–Crippen LogP) is 2.99. The van der Waals surface area contributed by atoms with E-state index in [9.17, 15) is 9.90 Å². The molecule has 35 heavy (non-hydrogen) atoms. The largest absolute Gasteiger partial charge is 0.394 e. The number of aromatic amines is 2. The van der Waals surface area contributed by atoms with E-state index < -0.39 is 0 Å². The van der Waals surface area contributed by atoms with Crippen LogP contribution in [0.4, 0.5) is 11.4 Å². The molecule has 0 saturated carbocycles. The molecule has 1 fully saturated rings. The normalized spacial score (nSPS) is 15.5. The highest BCUT2D eigenvalue weighted by Gasteiger charge is 2.20. The monoisotopic (exact) mass is 472 g/mol. The van der Waals surface area contributed by atoms with Gasteiger partial charge in [-0.2, -0.15) is 0 Å². The molecule has 1 unspecified atom stereocenters. The fraction of sp³-hybridized carbons (Fsp3) is 0.333. The molecular formula is C27H32N6O2. The molecule has 8 nitrogen and oxygen atoms in total. The molecule has 0 radical (unpaired) electrons. The molecule has 0 amide bonds. The van der Waals surface area contributed by atoms with E-state index in [1.165, 1.54) is 5.69 Å². The molecular weight excluding hydrogens is 440 g/mol. The minimum atomic E-state index is -0.243. The number of piperazine rings is 1. The summed E-state index contributed by atoms with van der Waals surface area (Å²) in [6.45, 7) is 6.04. The number of aliphatic hydroxyl groups is 1. The van der Waals surface area contributed by atoms with Crippen LogP contribution in [-0.4, -0.2) is 70.8 Å². The van der Waals surface area contributed by atoms with Gasteiger partial charge in [-0.3, -0.25) is 4.79 Å². The van der Waals surface area contributed by atoms with Gasteiger partial charge in [-0.15, -0.1) is 0 Å². The predicted molar refractivity (Wildman–Crippen MR) is 141 cm³/mol. The Morgan fingerprint density at radius 1 is 1.11 bits per heavy atom. The fourth-order valence-corrected chi connectivity index (χ4v) is 4.75. The Bertz CT molecular complexity index is 1360. The Hall–Kier alpha value is -3.62. The quantitative estimate of drug-likeness (QED) is 0.330. The van der Waals surface area contributed by atoms with E-state index in [4.69, 9.17) is 4.98 Å². The summed E-state index contributed by atoms with van der Waals surface area (Å²) in [5, 5.41) is 13.4. The van der Waals surface area contributed by atoms with Crippen LogP contribution in [0.15, 0.2) is 59.5 Å². The lowest BCUT2D eigenvalue weighted by atomic mass is 10.1. The van der Waals surface area contributed by atoms with Crippen LogP contribution < -0.4 is 15.8 Å². The first-order valence-electron chi connectivity index (χ1n) is 12.1. The minimum absolute atomic E-state index is 0.0608. The van der Waals surface area contributed by atoms with Crippen molar-refractivity contribution < 1.29 is 5.11 Å². The Labute approximate surface area is 204 Å². The number of aryl methyl sites for hydroxylation is 1. The summed E-state index contributed by atoms with van der Waals surface area (Å²) >= 11 is 0. The Balaban J connectivity index is 1.47. The number of hydrogen-bond acceptors (Lipinski definition) is 6. The fourth-order valence-electron chi connectivity index (χ4n) is 4.75. The molecule has 0 spiro atoms. The van der Waals surface area contributed by atoms with Gasteiger partial charge in [0.05, 0.1) is 29.4 Å². The molecule has 0 aliphatic carbocycles. The first-order valence-corrected chi connectivity index (χ1v) is 12.1. The summed E-state index contributed by atoms with van der Waals surface area (Å²) in [6, 6.07) is 15.9. The first-order chi connectivity index (χ1) is 17.0. The SMILES string of the molecule is Cc1cc(N2CCN(C)CC2)cc2[nH]c(-c3c(NC(CO)Cc4ccccc4)cc[nH]c3=O)nc12. The molecule has 8 heteroatoms. The van der Waals surface area contributed by atoms with Gasteiger partial charge in [-0.05, 0) is 49.7 Å².